The van der Waals surface area contributed by atoms with Crippen molar-refractivity contribution in [3.05, 3.63) is 23.8 Å². The Kier molecular flexibility index (Phi) is 7.54. The van der Waals surface area contributed by atoms with Crippen LogP contribution in [0.25, 0.3) is 0 Å². The highest BCUT2D eigenvalue weighted by atomic mass is 19.4. The smallest absolute Gasteiger partial charge is 0.300 e. The van der Waals surface area contributed by atoms with Crippen LogP contribution < -0.4 is 0 Å². The molecule has 0 aromatic rings. The highest BCUT2D eigenvalue weighted by Crippen LogP contribution is 2.15. The van der Waals surface area contributed by atoms with E-state index in [0.29, 0.717) is 19.3 Å². The second kappa shape index (κ2) is 8.06. The minimum Gasteiger partial charge on any atom is -0.300 e. The van der Waals surface area contributed by atoms with Gasteiger partial charge in [-0.2, -0.15) is 0 Å². The fraction of sp³-hybridized carbons (Fsp3) is 0.583. The van der Waals surface area contributed by atoms with Gasteiger partial charge in [-0.1, -0.05) is 23.8 Å². The van der Waals surface area contributed by atoms with Crippen molar-refractivity contribution in [1.82, 2.24) is 0 Å². The van der Waals surface area contributed by atoms with Crippen LogP contribution in [0.1, 0.15) is 33.1 Å². The van der Waals surface area contributed by atoms with E-state index < -0.39 is 13.0 Å². The Labute approximate surface area is 99.1 Å². The second-order valence-corrected chi connectivity index (χ2v) is 3.72. The van der Waals surface area contributed by atoms with E-state index in [9.17, 15) is 18.0 Å². The molecule has 0 unspecified atom stereocenters. The van der Waals surface area contributed by atoms with Crippen LogP contribution >= 0.6 is 0 Å². The normalized spacial score (nSPS) is 13.4. The number of ether oxygens (including phenoxy) is 1. The lowest BCUT2D eigenvalue weighted by atomic mass is 10.1. The number of allylic oxidation sites excluding steroid dienone is 3. The number of alkyl halides is 3. The number of carbonyl (C=O) groups excluding carboxylic acids is 1. The van der Waals surface area contributed by atoms with Crippen LogP contribution in [-0.2, 0) is 9.53 Å². The summed E-state index contributed by atoms with van der Waals surface area (Å²) < 4.78 is 38.3. The Morgan fingerprint density at radius 3 is 2.35 bits per heavy atom. The number of ketones is 1. The quantitative estimate of drug-likeness (QED) is 0.643. The van der Waals surface area contributed by atoms with Gasteiger partial charge in [0.15, 0.2) is 0 Å². The summed E-state index contributed by atoms with van der Waals surface area (Å²) in [6.07, 6.45) is 1.98. The highest BCUT2D eigenvalue weighted by molar-refractivity contribution is 5.75. The molecule has 0 saturated heterocycles. The molecule has 5 heteroatoms. The zero-order valence-electron chi connectivity index (χ0n) is 10.0. The Bertz CT molecular complexity index is 291. The van der Waals surface area contributed by atoms with Crippen LogP contribution in [0.4, 0.5) is 13.2 Å². The van der Waals surface area contributed by atoms with Gasteiger partial charge in [-0.3, -0.25) is 4.74 Å². The van der Waals surface area contributed by atoms with Crippen LogP contribution in [0.3, 0.4) is 0 Å². The molecule has 0 heterocycles. The molecule has 0 bridgehead atoms. The minimum absolute atomic E-state index is 0.131. The number of halogens is 3. The summed E-state index contributed by atoms with van der Waals surface area (Å²) in [4.78, 5) is 10.7. The lowest BCUT2D eigenvalue weighted by Crippen LogP contribution is -2.12. The number of hydrogen-bond donors (Lipinski definition) is 0. The van der Waals surface area contributed by atoms with Crippen molar-refractivity contribution in [2.24, 2.45) is 0 Å². The third-order valence-electron chi connectivity index (χ3n) is 1.98. The molecular weight excluding hydrogens is 233 g/mol. The molecule has 17 heavy (non-hydrogen) atoms. The lowest BCUT2D eigenvalue weighted by molar-refractivity contribution is -0.319. The van der Waals surface area contributed by atoms with Crippen LogP contribution in [0.2, 0.25) is 0 Å². The maximum Gasteiger partial charge on any atom is 0.522 e. The molecule has 0 amide bonds. The minimum atomic E-state index is -4.57. The van der Waals surface area contributed by atoms with Gasteiger partial charge in [-0.15, -0.1) is 13.2 Å². The molecule has 0 aromatic heterocycles. The van der Waals surface area contributed by atoms with E-state index in [-0.39, 0.29) is 5.78 Å². The highest BCUT2D eigenvalue weighted by Gasteiger charge is 2.27. The molecule has 0 fully saturated rings. The van der Waals surface area contributed by atoms with Crippen LogP contribution in [0, 0.1) is 0 Å². The third kappa shape index (κ3) is 12.8. The molecular formula is C12H17F3O2. The maximum absolute atomic E-state index is 11.6. The summed E-state index contributed by atoms with van der Waals surface area (Å²) in [7, 11) is 0. The maximum atomic E-state index is 11.6. The van der Waals surface area contributed by atoms with Gasteiger partial charge in [-0.25, -0.2) is 0 Å². The summed E-state index contributed by atoms with van der Waals surface area (Å²) in [6, 6.07) is 0. The monoisotopic (exact) mass is 250 g/mol. The van der Waals surface area contributed by atoms with E-state index in [1.807, 2.05) is 13.0 Å². The first kappa shape index (κ1) is 15.9. The van der Waals surface area contributed by atoms with Crippen molar-refractivity contribution >= 4 is 5.78 Å². The number of rotatable bonds is 7. The molecule has 0 rings (SSSR count). The van der Waals surface area contributed by atoms with Crippen molar-refractivity contribution in [2.75, 3.05) is 6.61 Å². The number of hydrogen-bond acceptors (Lipinski definition) is 2. The molecule has 0 spiro atoms. The average Bonchev–Trinajstić information content (AvgIpc) is 2.18. The van der Waals surface area contributed by atoms with Gasteiger partial charge >= 0.3 is 6.36 Å². The molecule has 0 atom stereocenters. The van der Waals surface area contributed by atoms with Gasteiger partial charge in [0.2, 0.25) is 0 Å². The average molecular weight is 250 g/mol. The van der Waals surface area contributed by atoms with E-state index >= 15 is 0 Å². The zero-order valence-corrected chi connectivity index (χ0v) is 10.0. The Morgan fingerprint density at radius 2 is 1.82 bits per heavy atom. The van der Waals surface area contributed by atoms with Gasteiger partial charge < -0.3 is 4.79 Å². The largest absolute Gasteiger partial charge is 0.522 e. The van der Waals surface area contributed by atoms with Crippen molar-refractivity contribution < 1.29 is 22.7 Å². The molecule has 0 saturated carbocycles. The van der Waals surface area contributed by atoms with Crippen LogP contribution in [0.5, 0.6) is 0 Å². The van der Waals surface area contributed by atoms with Gasteiger partial charge in [-0.05, 0) is 26.7 Å². The zero-order chi connectivity index (χ0) is 13.3. The first-order valence-corrected chi connectivity index (χ1v) is 5.32. The van der Waals surface area contributed by atoms with Crippen molar-refractivity contribution in [2.45, 2.75) is 39.5 Å². The first-order valence-electron chi connectivity index (χ1n) is 5.32. The molecule has 0 aliphatic heterocycles. The van der Waals surface area contributed by atoms with Gasteiger partial charge in [0.25, 0.3) is 0 Å². The number of Topliss-reactive ketones (excluding diaryl/α,β-unsaturated/α-hetero) is 1. The summed E-state index contributed by atoms with van der Waals surface area (Å²) in [5, 5.41) is 0. The fourth-order valence-corrected chi connectivity index (χ4v) is 1.05. The Hall–Kier alpha value is -1.10. The van der Waals surface area contributed by atoms with E-state index in [0.717, 1.165) is 5.57 Å². The summed E-state index contributed by atoms with van der Waals surface area (Å²) >= 11 is 0. The molecule has 98 valence electrons. The Balaban J connectivity index is 3.70. The van der Waals surface area contributed by atoms with Gasteiger partial charge in [0, 0.05) is 6.42 Å². The van der Waals surface area contributed by atoms with E-state index in [1.54, 1.807) is 6.08 Å². The summed E-state index contributed by atoms with van der Waals surface area (Å²) in [5.74, 6) is 0.131. The lowest BCUT2D eigenvalue weighted by Gasteiger charge is -2.03. The van der Waals surface area contributed by atoms with Crippen LogP contribution in [-0.4, -0.2) is 18.8 Å². The number of carbonyl (C=O) groups is 1. The SMILES string of the molecule is CC(=O)CC/C(C)=C/C/C=C\COC(F)(F)F. The second-order valence-electron chi connectivity index (χ2n) is 3.72. The van der Waals surface area contributed by atoms with Crippen molar-refractivity contribution in [1.29, 1.82) is 0 Å². The predicted molar refractivity (Wildman–Crippen MR) is 59.4 cm³/mol. The first-order chi connectivity index (χ1) is 7.81. The summed E-state index contributed by atoms with van der Waals surface area (Å²) in [5.41, 5.74) is 1.06. The van der Waals surface area contributed by atoms with Crippen molar-refractivity contribution in [3.63, 3.8) is 0 Å². The molecule has 0 aromatic carbocycles. The predicted octanol–water partition coefficient (Wildman–Crippen LogP) is 3.78. The van der Waals surface area contributed by atoms with Gasteiger partial charge in [0.05, 0.1) is 6.61 Å². The molecule has 2 nitrogen and oxygen atoms in total. The fourth-order valence-electron chi connectivity index (χ4n) is 1.05. The molecule has 0 radical (unpaired) electrons. The van der Waals surface area contributed by atoms with Crippen LogP contribution in [0.15, 0.2) is 23.8 Å². The van der Waals surface area contributed by atoms with E-state index in [2.05, 4.69) is 4.74 Å². The van der Waals surface area contributed by atoms with Crippen molar-refractivity contribution in [3.8, 4) is 0 Å². The topological polar surface area (TPSA) is 26.3 Å². The standard InChI is InChI=1S/C12H17F3O2/c1-10(7-8-11(2)16)6-4-3-5-9-17-12(13,14)15/h3,5-6H,4,7-9H2,1-2H3/b5-3-,10-6+. The Morgan fingerprint density at radius 1 is 1.18 bits per heavy atom. The molecule has 0 aliphatic rings. The van der Waals surface area contributed by atoms with E-state index in [4.69, 9.17) is 0 Å². The molecule has 0 aliphatic carbocycles. The third-order valence-corrected chi connectivity index (χ3v) is 1.98. The van der Waals surface area contributed by atoms with E-state index in [1.165, 1.54) is 13.0 Å². The summed E-state index contributed by atoms with van der Waals surface area (Å²) in [6.45, 7) is 2.95. The van der Waals surface area contributed by atoms with Gasteiger partial charge in [0.1, 0.15) is 5.78 Å². The molecule has 0 N–H and O–H groups in total.